The van der Waals surface area contributed by atoms with Gasteiger partial charge in [0.1, 0.15) is 11.5 Å². The highest BCUT2D eigenvalue weighted by atomic mass is 28.4. The molecule has 3 aromatic carbocycles. The van der Waals surface area contributed by atoms with Crippen molar-refractivity contribution in [2.75, 3.05) is 0 Å². The molecule has 3 nitrogen and oxygen atoms in total. The first-order valence-electron chi connectivity index (χ1n) is 14.0. The Bertz CT molecular complexity index is 1120. The Balaban J connectivity index is 1.67. The number of hydrogen-bond acceptors (Lipinski definition) is 3. The minimum Gasteiger partial charge on any atom is -0.520 e. The summed E-state index contributed by atoms with van der Waals surface area (Å²) < 4.78 is 19.5. The monoisotopic (exact) mass is 524 g/mol. The van der Waals surface area contributed by atoms with Crippen LogP contribution in [0, 0.1) is 0 Å². The van der Waals surface area contributed by atoms with Crippen LogP contribution in [-0.4, -0.2) is 21.5 Å². The fraction of sp³-hybridized carbons (Fsp3) is 0.333. The fourth-order valence-electron chi connectivity index (χ4n) is 5.16. The number of fused-ring (bicyclic) bond motifs is 1. The van der Waals surface area contributed by atoms with E-state index in [1.807, 2.05) is 30.2 Å². The van der Waals surface area contributed by atoms with Crippen LogP contribution >= 0.6 is 0 Å². The first kappa shape index (κ1) is 28.0. The van der Waals surface area contributed by atoms with Gasteiger partial charge in [-0.3, -0.25) is 0 Å². The molecule has 0 N–H and O–H groups in total. The van der Waals surface area contributed by atoms with Gasteiger partial charge in [0.25, 0.3) is 8.32 Å². The van der Waals surface area contributed by atoms with Crippen LogP contribution in [0.15, 0.2) is 109 Å². The van der Waals surface area contributed by atoms with Gasteiger partial charge < -0.3 is 13.7 Å². The van der Waals surface area contributed by atoms with Crippen molar-refractivity contribution in [2.24, 2.45) is 0 Å². The maximum Gasteiger partial charge on any atom is 0.624 e. The third kappa shape index (κ3) is 6.70. The molecule has 0 saturated carbocycles. The lowest BCUT2D eigenvalue weighted by Crippen LogP contribution is -2.67. The second-order valence-corrected chi connectivity index (χ2v) is 15.2. The van der Waals surface area contributed by atoms with Crippen LogP contribution in [0.25, 0.3) is 0 Å². The molecule has 0 radical (unpaired) electrons. The summed E-state index contributed by atoms with van der Waals surface area (Å²) in [6, 6.07) is 29.5. The Morgan fingerprint density at radius 3 is 1.87 bits per heavy atom. The summed E-state index contributed by atoms with van der Waals surface area (Å²) in [6.07, 6.45) is 12.2. The number of para-hydroxylation sites is 2. The van der Waals surface area contributed by atoms with Crippen LogP contribution in [0.1, 0.15) is 59.8 Å². The number of benzene rings is 3. The van der Waals surface area contributed by atoms with Crippen LogP contribution < -0.4 is 19.7 Å². The summed E-state index contributed by atoms with van der Waals surface area (Å²) in [7, 11) is -3.15. The Morgan fingerprint density at radius 1 is 0.789 bits per heavy atom. The molecule has 0 bridgehead atoms. The summed E-state index contributed by atoms with van der Waals surface area (Å²) in [5.74, 6) is 3.57. The third-order valence-electron chi connectivity index (χ3n) is 7.07. The zero-order chi connectivity index (χ0) is 26.8. The summed E-state index contributed by atoms with van der Waals surface area (Å²) in [4.78, 5) is 0. The average Bonchev–Trinajstić information content (AvgIpc) is 3.35. The van der Waals surface area contributed by atoms with E-state index in [9.17, 15) is 0 Å². The minimum atomic E-state index is -2.70. The molecule has 1 heterocycles. The minimum absolute atomic E-state index is 0.0940. The molecular formula is C33H41BO3Si. The second kappa shape index (κ2) is 13.2. The number of hydrogen-bond donors (Lipinski definition) is 0. The molecule has 38 heavy (non-hydrogen) atoms. The topological polar surface area (TPSA) is 27.7 Å². The van der Waals surface area contributed by atoms with Gasteiger partial charge in [0.15, 0.2) is 0 Å². The molecule has 0 amide bonds. The van der Waals surface area contributed by atoms with Gasteiger partial charge in [0.2, 0.25) is 0 Å². The van der Waals surface area contributed by atoms with E-state index >= 15 is 0 Å². The van der Waals surface area contributed by atoms with Gasteiger partial charge in [0, 0.05) is 0 Å². The van der Waals surface area contributed by atoms with Crippen molar-refractivity contribution >= 4 is 25.8 Å². The van der Waals surface area contributed by atoms with E-state index in [2.05, 4.69) is 107 Å². The van der Waals surface area contributed by atoms with Crippen LogP contribution in [0.2, 0.25) is 5.04 Å². The zero-order valence-electron chi connectivity index (χ0n) is 23.3. The van der Waals surface area contributed by atoms with Gasteiger partial charge >= 0.3 is 7.12 Å². The predicted molar refractivity (Wildman–Crippen MR) is 163 cm³/mol. The van der Waals surface area contributed by atoms with E-state index in [4.69, 9.17) is 13.7 Å². The smallest absolute Gasteiger partial charge is 0.520 e. The van der Waals surface area contributed by atoms with E-state index in [1.54, 1.807) is 0 Å². The van der Waals surface area contributed by atoms with Crippen molar-refractivity contribution < 1.29 is 13.7 Å². The fourth-order valence-corrected chi connectivity index (χ4v) is 9.80. The van der Waals surface area contributed by atoms with Crippen LogP contribution in [0.3, 0.4) is 0 Å². The summed E-state index contributed by atoms with van der Waals surface area (Å²) in [5, 5.41) is 2.47. The maximum atomic E-state index is 7.43. The first-order valence-corrected chi connectivity index (χ1v) is 15.9. The Morgan fingerprint density at radius 2 is 1.34 bits per heavy atom. The molecule has 1 aliphatic rings. The van der Waals surface area contributed by atoms with Gasteiger partial charge in [0.05, 0.1) is 6.10 Å². The van der Waals surface area contributed by atoms with Crippen LogP contribution in [0.5, 0.6) is 11.5 Å². The highest BCUT2D eigenvalue weighted by molar-refractivity contribution is 6.99. The maximum absolute atomic E-state index is 7.43. The van der Waals surface area contributed by atoms with Crippen LogP contribution in [0.4, 0.5) is 0 Å². The van der Waals surface area contributed by atoms with Crippen molar-refractivity contribution in [1.82, 2.24) is 0 Å². The standard InChI is InChI=1S/C33H41BO3Si/c1-5-6-7-8-9-12-19-28(26-27-34-35-31-24-17-18-25-32(31)36-34)37-38(33(2,3)4,29-20-13-10-14-21-29)30-22-15-11-16-23-30/h9-18,20-28H,5-8,19H2,1-4H3/b12-9-,27-26+/t28-/m1/s1. The quantitative estimate of drug-likeness (QED) is 0.139. The lowest BCUT2D eigenvalue weighted by atomic mass is 9.89. The van der Waals surface area contributed by atoms with Gasteiger partial charge in [-0.1, -0.05) is 132 Å². The van der Waals surface area contributed by atoms with Crippen LogP contribution in [-0.2, 0) is 4.43 Å². The van der Waals surface area contributed by atoms with Crippen molar-refractivity contribution in [1.29, 1.82) is 0 Å². The lowest BCUT2D eigenvalue weighted by molar-refractivity contribution is 0.236. The highest BCUT2D eigenvalue weighted by Gasteiger charge is 2.51. The Kier molecular flexibility index (Phi) is 9.70. The summed E-state index contributed by atoms with van der Waals surface area (Å²) >= 11 is 0. The Labute approximate surface area is 230 Å². The SMILES string of the molecule is CCCCC/C=C\C[C@H](/C=C/B1Oc2ccccc2O1)O[Si](c1ccccc1)(c1ccccc1)C(C)(C)C. The Hall–Kier alpha value is -3.02. The molecule has 0 spiro atoms. The molecule has 0 unspecified atom stereocenters. The molecule has 4 rings (SSSR count). The van der Waals surface area contributed by atoms with E-state index < -0.39 is 15.4 Å². The number of allylic oxidation sites excluding steroid dienone is 1. The lowest BCUT2D eigenvalue weighted by Gasteiger charge is -2.44. The second-order valence-electron chi connectivity index (χ2n) is 11.0. The van der Waals surface area contributed by atoms with Gasteiger partial charge in [-0.05, 0) is 52.8 Å². The largest absolute Gasteiger partial charge is 0.624 e. The molecule has 0 saturated heterocycles. The van der Waals surface area contributed by atoms with Crippen molar-refractivity contribution in [3.63, 3.8) is 0 Å². The van der Waals surface area contributed by atoms with E-state index in [0.717, 1.165) is 24.3 Å². The summed E-state index contributed by atoms with van der Waals surface area (Å²) in [6.45, 7) is 9.20. The molecule has 0 fully saturated rings. The van der Waals surface area contributed by atoms with Gasteiger partial charge in [-0.15, -0.1) is 0 Å². The number of rotatable bonds is 12. The summed E-state index contributed by atoms with van der Waals surface area (Å²) in [5.41, 5.74) is 0. The van der Waals surface area contributed by atoms with Gasteiger partial charge in [-0.2, -0.15) is 0 Å². The van der Waals surface area contributed by atoms with E-state index in [-0.39, 0.29) is 11.1 Å². The first-order chi connectivity index (χ1) is 18.4. The zero-order valence-corrected chi connectivity index (χ0v) is 24.3. The molecule has 1 atom stereocenters. The normalized spacial score (nSPS) is 14.5. The molecule has 0 aliphatic carbocycles. The number of unbranched alkanes of at least 4 members (excludes halogenated alkanes) is 3. The van der Waals surface area contributed by atoms with E-state index in [0.29, 0.717) is 0 Å². The molecule has 5 heteroatoms. The molecule has 0 aromatic heterocycles. The predicted octanol–water partition coefficient (Wildman–Crippen LogP) is 7.51. The third-order valence-corrected chi connectivity index (χ3v) is 12.1. The van der Waals surface area contributed by atoms with Crippen molar-refractivity contribution in [2.45, 2.75) is 70.9 Å². The highest BCUT2D eigenvalue weighted by Crippen LogP contribution is 2.38. The molecule has 1 aliphatic heterocycles. The average molecular weight is 525 g/mol. The molecular weight excluding hydrogens is 483 g/mol. The van der Waals surface area contributed by atoms with Crippen molar-refractivity contribution in [3.05, 3.63) is 109 Å². The van der Waals surface area contributed by atoms with Crippen molar-refractivity contribution in [3.8, 4) is 11.5 Å². The van der Waals surface area contributed by atoms with Gasteiger partial charge in [-0.25, -0.2) is 0 Å². The van der Waals surface area contributed by atoms with E-state index in [1.165, 1.54) is 29.6 Å². The molecule has 3 aromatic rings. The molecule has 198 valence electrons.